The highest BCUT2D eigenvalue weighted by Crippen LogP contribution is 2.31. The summed E-state index contributed by atoms with van der Waals surface area (Å²) in [4.78, 5) is 4.54. The number of benzene rings is 1. The van der Waals surface area contributed by atoms with Gasteiger partial charge >= 0.3 is 0 Å². The minimum atomic E-state index is -0.782. The third-order valence-electron chi connectivity index (χ3n) is 7.21. The van der Waals surface area contributed by atoms with Crippen LogP contribution in [-0.4, -0.2) is 51.2 Å². The Kier molecular flexibility index (Phi) is 11.7. The summed E-state index contributed by atoms with van der Waals surface area (Å²) < 4.78 is 27.2. The van der Waals surface area contributed by atoms with E-state index in [4.69, 9.17) is 0 Å². The van der Waals surface area contributed by atoms with Crippen LogP contribution in [0, 0.1) is 30.4 Å². The van der Waals surface area contributed by atoms with Crippen molar-refractivity contribution >= 4 is 5.69 Å². The van der Waals surface area contributed by atoms with Crippen LogP contribution in [0.4, 0.5) is 14.5 Å². The molecule has 0 aromatic heterocycles. The number of hydrogen-bond acceptors (Lipinski definition) is 3. The van der Waals surface area contributed by atoms with Crippen LogP contribution in [0.3, 0.4) is 0 Å². The number of nitrogens with zero attached hydrogens (tertiary/aromatic N) is 2. The molecule has 1 saturated carbocycles. The molecular formula is C27H45F2N3. The molecule has 1 aliphatic carbocycles. The zero-order valence-corrected chi connectivity index (χ0v) is 20.8. The van der Waals surface area contributed by atoms with Crippen molar-refractivity contribution < 1.29 is 8.78 Å². The average Bonchev–Trinajstić information content (AvgIpc) is 2.79. The first-order valence-electron chi connectivity index (χ1n) is 12.6. The van der Waals surface area contributed by atoms with Crippen molar-refractivity contribution in [3.05, 3.63) is 42.0 Å². The summed E-state index contributed by atoms with van der Waals surface area (Å²) in [6.45, 7) is 12.0. The monoisotopic (exact) mass is 449 g/mol. The lowest BCUT2D eigenvalue weighted by Crippen LogP contribution is -2.41. The first-order chi connectivity index (χ1) is 15.4. The summed E-state index contributed by atoms with van der Waals surface area (Å²) in [7, 11) is 4.06. The van der Waals surface area contributed by atoms with Crippen molar-refractivity contribution in [2.75, 3.05) is 45.2 Å². The van der Waals surface area contributed by atoms with Gasteiger partial charge in [-0.2, -0.15) is 0 Å². The molecule has 2 rings (SSSR count). The Balaban J connectivity index is 1.86. The first kappa shape index (κ1) is 26.8. The molecule has 0 bridgehead atoms. The quantitative estimate of drug-likeness (QED) is 0.343. The summed E-state index contributed by atoms with van der Waals surface area (Å²) in [5.74, 6) is -0.275. The molecule has 0 saturated heterocycles. The lowest BCUT2D eigenvalue weighted by Gasteiger charge is -2.35. The smallest absolute Gasteiger partial charge is 0.160 e. The molecule has 3 nitrogen and oxygen atoms in total. The minimum Gasteiger partial charge on any atom is -0.373 e. The molecule has 1 fully saturated rings. The fourth-order valence-corrected chi connectivity index (χ4v) is 5.40. The Morgan fingerprint density at radius 3 is 2.41 bits per heavy atom. The fourth-order valence-electron chi connectivity index (χ4n) is 5.40. The van der Waals surface area contributed by atoms with Gasteiger partial charge in [-0.15, -0.1) is 6.58 Å². The van der Waals surface area contributed by atoms with Crippen LogP contribution in [0.15, 0.2) is 24.8 Å². The Morgan fingerprint density at radius 1 is 1.09 bits per heavy atom. The molecule has 0 aliphatic heterocycles. The second kappa shape index (κ2) is 13.9. The Labute approximate surface area is 195 Å². The predicted octanol–water partition coefficient (Wildman–Crippen LogP) is 6.17. The highest BCUT2D eigenvalue weighted by molar-refractivity contribution is 5.53. The molecule has 1 aromatic carbocycles. The molecule has 1 aromatic rings. The maximum Gasteiger partial charge on any atom is 0.160 e. The van der Waals surface area contributed by atoms with Gasteiger partial charge in [-0.3, -0.25) is 0 Å². The first-order valence-corrected chi connectivity index (χ1v) is 12.6. The van der Waals surface area contributed by atoms with E-state index in [0.717, 1.165) is 62.6 Å². The van der Waals surface area contributed by atoms with Crippen molar-refractivity contribution in [1.29, 1.82) is 0 Å². The second-order valence-electron chi connectivity index (χ2n) is 9.57. The number of likely N-dealkylation sites (N-methyl/N-ethyl adjacent to an activating group) is 1. The van der Waals surface area contributed by atoms with Gasteiger partial charge in [-0.05, 0) is 82.6 Å². The largest absolute Gasteiger partial charge is 0.373 e. The van der Waals surface area contributed by atoms with Crippen LogP contribution in [0.25, 0.3) is 0 Å². The number of rotatable bonds is 14. The van der Waals surface area contributed by atoms with Crippen LogP contribution in [0.2, 0.25) is 0 Å². The molecule has 1 N–H and O–H groups in total. The van der Waals surface area contributed by atoms with Crippen LogP contribution >= 0.6 is 0 Å². The third-order valence-corrected chi connectivity index (χ3v) is 7.21. The van der Waals surface area contributed by atoms with Crippen molar-refractivity contribution in [3.63, 3.8) is 0 Å². The Morgan fingerprint density at radius 2 is 1.78 bits per heavy atom. The van der Waals surface area contributed by atoms with Gasteiger partial charge in [-0.1, -0.05) is 32.3 Å². The van der Waals surface area contributed by atoms with Crippen molar-refractivity contribution in [2.24, 2.45) is 11.8 Å². The van der Waals surface area contributed by atoms with Gasteiger partial charge in [0.15, 0.2) is 11.6 Å². The summed E-state index contributed by atoms with van der Waals surface area (Å²) in [5, 5.41) is 3.61. The number of nitrogens with one attached hydrogen (secondary N) is 1. The third kappa shape index (κ3) is 7.84. The van der Waals surface area contributed by atoms with E-state index in [1.165, 1.54) is 44.2 Å². The van der Waals surface area contributed by atoms with E-state index in [9.17, 15) is 8.78 Å². The number of halogens is 2. The van der Waals surface area contributed by atoms with Crippen molar-refractivity contribution in [1.82, 2.24) is 10.2 Å². The second-order valence-corrected chi connectivity index (χ2v) is 9.57. The fraction of sp³-hybridized carbons (Fsp3) is 0.704. The van der Waals surface area contributed by atoms with Crippen LogP contribution in [-0.2, 0) is 0 Å². The molecule has 0 heterocycles. The number of anilines is 1. The van der Waals surface area contributed by atoms with Crippen LogP contribution in [0.1, 0.15) is 63.9 Å². The van der Waals surface area contributed by atoms with E-state index in [-0.39, 0.29) is 0 Å². The lowest BCUT2D eigenvalue weighted by molar-refractivity contribution is 0.218. The van der Waals surface area contributed by atoms with Gasteiger partial charge in [0.2, 0.25) is 0 Å². The summed E-state index contributed by atoms with van der Waals surface area (Å²) in [6, 6.07) is 3.13. The molecule has 0 spiro atoms. The molecule has 5 heteroatoms. The average molecular weight is 450 g/mol. The van der Waals surface area contributed by atoms with Crippen LogP contribution < -0.4 is 10.2 Å². The zero-order chi connectivity index (χ0) is 23.5. The minimum absolute atomic E-state index is 0.513. The van der Waals surface area contributed by atoms with E-state index in [1.54, 1.807) is 0 Å². The maximum absolute atomic E-state index is 13.7. The number of aryl methyl sites for hydroxylation is 1. The zero-order valence-electron chi connectivity index (χ0n) is 20.8. The van der Waals surface area contributed by atoms with Gasteiger partial charge in [0.05, 0.1) is 0 Å². The molecule has 2 unspecified atom stereocenters. The lowest BCUT2D eigenvalue weighted by atomic mass is 9.77. The van der Waals surface area contributed by atoms with Gasteiger partial charge in [0.25, 0.3) is 0 Å². The molecule has 32 heavy (non-hydrogen) atoms. The van der Waals surface area contributed by atoms with Crippen molar-refractivity contribution in [3.8, 4) is 0 Å². The molecule has 0 radical (unpaired) electrons. The van der Waals surface area contributed by atoms with E-state index in [2.05, 4.69) is 36.8 Å². The Bertz CT molecular complexity index is 688. The molecule has 182 valence electrons. The molecular weight excluding hydrogens is 404 g/mol. The standard InChI is InChI=1S/C27H45F2N3/c1-6-15-32(18-17-31(5)26-20-25(29)24(28)19-21(26)3)16-11-14-22(7-2)27(30-4)23-12-9-8-10-13-23/h7,19-20,22-23,27,30H,2,6,8-18H2,1,3-5H3. The van der Waals surface area contributed by atoms with Gasteiger partial charge in [0.1, 0.15) is 0 Å². The predicted molar refractivity (Wildman–Crippen MR) is 133 cm³/mol. The number of hydrogen-bond donors (Lipinski definition) is 1. The van der Waals surface area contributed by atoms with Gasteiger partial charge < -0.3 is 15.1 Å². The summed E-state index contributed by atoms with van der Waals surface area (Å²) >= 11 is 0. The van der Waals surface area contributed by atoms with Crippen molar-refractivity contribution in [2.45, 2.75) is 71.3 Å². The van der Waals surface area contributed by atoms with Gasteiger partial charge in [0, 0.05) is 37.9 Å². The topological polar surface area (TPSA) is 18.5 Å². The highest BCUT2D eigenvalue weighted by Gasteiger charge is 2.27. The highest BCUT2D eigenvalue weighted by atomic mass is 19.2. The normalized spacial score (nSPS) is 16.8. The molecule has 1 aliphatic rings. The SMILES string of the molecule is C=CC(CCCN(CCC)CCN(C)c1cc(F)c(F)cc1C)C(NC)C1CCCCC1. The van der Waals surface area contributed by atoms with Crippen LogP contribution in [0.5, 0.6) is 0 Å². The van der Waals surface area contributed by atoms with E-state index in [0.29, 0.717) is 12.0 Å². The molecule has 2 atom stereocenters. The van der Waals surface area contributed by atoms with Gasteiger partial charge in [-0.25, -0.2) is 8.78 Å². The maximum atomic E-state index is 13.7. The van der Waals surface area contributed by atoms with E-state index < -0.39 is 11.6 Å². The molecule has 0 amide bonds. The summed E-state index contributed by atoms with van der Waals surface area (Å²) in [5.41, 5.74) is 1.53. The van der Waals surface area contributed by atoms with E-state index >= 15 is 0 Å². The Hall–Kier alpha value is -1.46. The van der Waals surface area contributed by atoms with E-state index in [1.807, 2.05) is 18.9 Å². The summed E-state index contributed by atoms with van der Waals surface area (Å²) in [6.07, 6.45) is 12.4.